The minimum absolute atomic E-state index is 0.396. The number of nitrogens with two attached hydrogens (primary N) is 1. The van der Waals surface area contributed by atoms with Gasteiger partial charge < -0.3 is 10.6 Å². The lowest BCUT2D eigenvalue weighted by molar-refractivity contribution is 0.201. The highest BCUT2D eigenvalue weighted by Crippen LogP contribution is 2.39. The average Bonchev–Trinajstić information content (AvgIpc) is 2.73. The predicted molar refractivity (Wildman–Crippen MR) is 73.6 cm³/mol. The molecule has 0 amide bonds. The second-order valence-electron chi connectivity index (χ2n) is 5.21. The first kappa shape index (κ1) is 11.6. The standard InChI is InChI=1S/C14H20N2S/c15-12-4-3-7-16(9-12)8-11-10-17-14-6-2-1-5-13(11)14/h1-2,5-6,11-12H,3-4,7-10,15H2. The van der Waals surface area contributed by atoms with E-state index in [0.29, 0.717) is 12.0 Å². The van der Waals surface area contributed by atoms with E-state index in [2.05, 4.69) is 29.2 Å². The maximum Gasteiger partial charge on any atom is 0.0168 e. The Kier molecular flexibility index (Phi) is 3.41. The summed E-state index contributed by atoms with van der Waals surface area (Å²) in [7, 11) is 0. The average molecular weight is 248 g/mol. The van der Waals surface area contributed by atoms with Crippen molar-refractivity contribution in [2.75, 3.05) is 25.4 Å². The Bertz CT molecular complexity index is 394. The zero-order chi connectivity index (χ0) is 11.7. The van der Waals surface area contributed by atoms with Crippen LogP contribution in [0.5, 0.6) is 0 Å². The van der Waals surface area contributed by atoms with Crippen LogP contribution in [0.15, 0.2) is 29.2 Å². The molecule has 2 aliphatic rings. The normalized spacial score (nSPS) is 29.2. The molecule has 1 fully saturated rings. The SMILES string of the molecule is NC1CCCN(CC2CSc3ccccc32)C1. The van der Waals surface area contributed by atoms with Gasteiger partial charge >= 0.3 is 0 Å². The Labute approximate surface area is 108 Å². The number of rotatable bonds is 2. The maximum absolute atomic E-state index is 6.05. The maximum atomic E-state index is 6.05. The molecule has 0 aliphatic carbocycles. The fourth-order valence-corrected chi connectivity index (χ4v) is 4.19. The van der Waals surface area contributed by atoms with Gasteiger partial charge in [-0.15, -0.1) is 11.8 Å². The van der Waals surface area contributed by atoms with Crippen molar-refractivity contribution < 1.29 is 0 Å². The molecule has 3 heteroatoms. The fraction of sp³-hybridized carbons (Fsp3) is 0.571. The van der Waals surface area contributed by atoms with Gasteiger partial charge in [-0.2, -0.15) is 0 Å². The number of benzene rings is 1. The van der Waals surface area contributed by atoms with Gasteiger partial charge in [-0.25, -0.2) is 0 Å². The molecule has 0 radical (unpaired) electrons. The smallest absolute Gasteiger partial charge is 0.0168 e. The van der Waals surface area contributed by atoms with Gasteiger partial charge in [0.15, 0.2) is 0 Å². The lowest BCUT2D eigenvalue weighted by Gasteiger charge is -2.32. The van der Waals surface area contributed by atoms with Crippen molar-refractivity contribution in [3.63, 3.8) is 0 Å². The second-order valence-corrected chi connectivity index (χ2v) is 6.27. The number of hydrogen-bond donors (Lipinski definition) is 1. The molecule has 1 aromatic rings. The highest BCUT2D eigenvalue weighted by molar-refractivity contribution is 7.99. The minimum atomic E-state index is 0.396. The van der Waals surface area contributed by atoms with Gasteiger partial charge in [0.25, 0.3) is 0 Å². The van der Waals surface area contributed by atoms with E-state index in [1.807, 2.05) is 11.8 Å². The monoisotopic (exact) mass is 248 g/mol. The van der Waals surface area contributed by atoms with E-state index in [1.165, 1.54) is 36.6 Å². The molecule has 0 aromatic heterocycles. The van der Waals surface area contributed by atoms with Crippen LogP contribution in [-0.2, 0) is 0 Å². The topological polar surface area (TPSA) is 29.3 Å². The summed E-state index contributed by atoms with van der Waals surface area (Å²) in [6, 6.07) is 9.25. The van der Waals surface area contributed by atoms with Crippen molar-refractivity contribution in [3.8, 4) is 0 Å². The molecule has 0 bridgehead atoms. The summed E-state index contributed by atoms with van der Waals surface area (Å²) in [6.45, 7) is 3.51. The van der Waals surface area contributed by atoms with Crippen LogP contribution in [0.4, 0.5) is 0 Å². The Morgan fingerprint density at radius 3 is 3.12 bits per heavy atom. The van der Waals surface area contributed by atoms with Crippen LogP contribution >= 0.6 is 11.8 Å². The quantitative estimate of drug-likeness (QED) is 0.871. The van der Waals surface area contributed by atoms with Crippen LogP contribution in [0.1, 0.15) is 24.3 Å². The summed E-state index contributed by atoms with van der Waals surface area (Å²) in [5.41, 5.74) is 7.60. The van der Waals surface area contributed by atoms with Crippen molar-refractivity contribution in [2.45, 2.75) is 29.7 Å². The molecule has 1 saturated heterocycles. The highest BCUT2D eigenvalue weighted by atomic mass is 32.2. The molecular formula is C14H20N2S. The van der Waals surface area contributed by atoms with E-state index in [4.69, 9.17) is 5.73 Å². The molecule has 17 heavy (non-hydrogen) atoms. The van der Waals surface area contributed by atoms with Gasteiger partial charge in [-0.1, -0.05) is 18.2 Å². The minimum Gasteiger partial charge on any atom is -0.327 e. The number of likely N-dealkylation sites (tertiary alicyclic amines) is 1. The van der Waals surface area contributed by atoms with Crippen LogP contribution in [-0.4, -0.2) is 36.3 Å². The molecule has 2 N–H and O–H groups in total. The number of piperidine rings is 1. The third-order valence-electron chi connectivity index (χ3n) is 3.82. The van der Waals surface area contributed by atoms with Crippen molar-refractivity contribution >= 4 is 11.8 Å². The third-order valence-corrected chi connectivity index (χ3v) is 5.07. The van der Waals surface area contributed by atoms with Gasteiger partial charge in [0.1, 0.15) is 0 Å². The predicted octanol–water partition coefficient (Wildman–Crippen LogP) is 2.30. The third kappa shape index (κ3) is 2.51. The van der Waals surface area contributed by atoms with E-state index in [9.17, 15) is 0 Å². The van der Waals surface area contributed by atoms with E-state index < -0.39 is 0 Å². The molecule has 2 unspecified atom stereocenters. The number of thioether (sulfide) groups is 1. The van der Waals surface area contributed by atoms with E-state index in [1.54, 1.807) is 5.56 Å². The van der Waals surface area contributed by atoms with Gasteiger partial charge in [-0.05, 0) is 31.0 Å². The Hall–Kier alpha value is -0.510. The zero-order valence-electron chi connectivity index (χ0n) is 10.1. The van der Waals surface area contributed by atoms with Gasteiger partial charge in [0, 0.05) is 35.7 Å². The Morgan fingerprint density at radius 1 is 1.35 bits per heavy atom. The summed E-state index contributed by atoms with van der Waals surface area (Å²) in [5.74, 6) is 1.95. The first-order chi connectivity index (χ1) is 8.33. The highest BCUT2D eigenvalue weighted by Gasteiger charge is 2.26. The van der Waals surface area contributed by atoms with Crippen LogP contribution in [0.25, 0.3) is 0 Å². The van der Waals surface area contributed by atoms with Crippen molar-refractivity contribution in [2.24, 2.45) is 5.73 Å². The van der Waals surface area contributed by atoms with E-state index in [0.717, 1.165) is 6.54 Å². The zero-order valence-corrected chi connectivity index (χ0v) is 11.0. The summed E-state index contributed by atoms with van der Waals surface area (Å²) in [4.78, 5) is 4.04. The summed E-state index contributed by atoms with van der Waals surface area (Å²) >= 11 is 2.01. The van der Waals surface area contributed by atoms with Gasteiger partial charge in [-0.3, -0.25) is 0 Å². The van der Waals surface area contributed by atoms with Crippen molar-refractivity contribution in [1.82, 2.24) is 4.90 Å². The Morgan fingerprint density at radius 2 is 2.24 bits per heavy atom. The van der Waals surface area contributed by atoms with Crippen molar-refractivity contribution in [1.29, 1.82) is 0 Å². The van der Waals surface area contributed by atoms with E-state index in [-0.39, 0.29) is 0 Å². The van der Waals surface area contributed by atoms with Gasteiger partial charge in [0.05, 0.1) is 0 Å². The molecule has 3 rings (SSSR count). The molecule has 0 spiro atoms. The molecule has 1 aromatic carbocycles. The fourth-order valence-electron chi connectivity index (χ4n) is 2.95. The van der Waals surface area contributed by atoms with Crippen LogP contribution < -0.4 is 5.73 Å². The molecule has 2 atom stereocenters. The molecule has 0 saturated carbocycles. The molecule has 2 nitrogen and oxygen atoms in total. The lowest BCUT2D eigenvalue weighted by Crippen LogP contribution is -2.44. The van der Waals surface area contributed by atoms with Crippen molar-refractivity contribution in [3.05, 3.63) is 29.8 Å². The summed E-state index contributed by atoms with van der Waals surface area (Å²) in [6.07, 6.45) is 2.47. The molecule has 2 aliphatic heterocycles. The van der Waals surface area contributed by atoms with Crippen LogP contribution in [0.3, 0.4) is 0 Å². The number of fused-ring (bicyclic) bond motifs is 1. The summed E-state index contributed by atoms with van der Waals surface area (Å²) in [5, 5.41) is 0. The summed E-state index contributed by atoms with van der Waals surface area (Å²) < 4.78 is 0. The molecular weight excluding hydrogens is 228 g/mol. The molecule has 2 heterocycles. The Balaban J connectivity index is 1.67. The largest absolute Gasteiger partial charge is 0.327 e. The van der Waals surface area contributed by atoms with Gasteiger partial charge in [0.2, 0.25) is 0 Å². The first-order valence-electron chi connectivity index (χ1n) is 6.52. The first-order valence-corrected chi connectivity index (χ1v) is 7.51. The number of hydrogen-bond acceptors (Lipinski definition) is 3. The van der Waals surface area contributed by atoms with Crippen LogP contribution in [0.2, 0.25) is 0 Å². The van der Waals surface area contributed by atoms with Crippen LogP contribution in [0, 0.1) is 0 Å². The molecule has 92 valence electrons. The lowest BCUT2D eigenvalue weighted by atomic mass is 9.99. The number of nitrogens with zero attached hydrogens (tertiary/aromatic N) is 1. The second kappa shape index (κ2) is 5.01. The van der Waals surface area contributed by atoms with E-state index >= 15 is 0 Å².